The maximum atomic E-state index is 12.8. The lowest BCUT2D eigenvalue weighted by molar-refractivity contribution is -0.166. The van der Waals surface area contributed by atoms with Gasteiger partial charge >= 0.3 is 17.9 Å². The van der Waals surface area contributed by atoms with Crippen LogP contribution in [0.5, 0.6) is 0 Å². The van der Waals surface area contributed by atoms with Crippen molar-refractivity contribution in [3.05, 3.63) is 122 Å². The van der Waals surface area contributed by atoms with Gasteiger partial charge in [-0.1, -0.05) is 200 Å². The highest BCUT2D eigenvalue weighted by atomic mass is 16.6. The average molecular weight is 885 g/mol. The zero-order valence-corrected chi connectivity index (χ0v) is 41.0. The van der Waals surface area contributed by atoms with Crippen LogP contribution in [-0.2, 0) is 28.6 Å². The Morgan fingerprint density at radius 2 is 0.656 bits per heavy atom. The van der Waals surface area contributed by atoms with Crippen LogP contribution >= 0.6 is 0 Å². The van der Waals surface area contributed by atoms with Gasteiger partial charge in [-0.15, -0.1) is 0 Å². The van der Waals surface area contributed by atoms with Crippen LogP contribution in [0, 0.1) is 0 Å². The maximum absolute atomic E-state index is 12.8. The fraction of sp³-hybridized carbons (Fsp3) is 0.603. The molecule has 0 saturated heterocycles. The smallest absolute Gasteiger partial charge is 0.306 e. The van der Waals surface area contributed by atoms with Gasteiger partial charge in [0.1, 0.15) is 13.2 Å². The highest BCUT2D eigenvalue weighted by Gasteiger charge is 2.19. The molecule has 0 rings (SSSR count). The molecule has 0 aromatic carbocycles. The topological polar surface area (TPSA) is 78.9 Å². The second-order valence-electron chi connectivity index (χ2n) is 16.3. The number of carbonyl (C=O) groups is 3. The van der Waals surface area contributed by atoms with Crippen molar-refractivity contribution >= 4 is 17.9 Å². The summed E-state index contributed by atoms with van der Waals surface area (Å²) in [6.07, 6.45) is 70.6. The highest BCUT2D eigenvalue weighted by molar-refractivity contribution is 5.71. The second kappa shape index (κ2) is 51.4. The Labute approximate surface area is 392 Å². The molecule has 0 aromatic heterocycles. The predicted octanol–water partition coefficient (Wildman–Crippen LogP) is 16.9. The van der Waals surface area contributed by atoms with E-state index in [-0.39, 0.29) is 50.4 Å². The third-order valence-corrected chi connectivity index (χ3v) is 10.2. The number of ether oxygens (including phenoxy) is 3. The van der Waals surface area contributed by atoms with Gasteiger partial charge in [0, 0.05) is 19.3 Å². The van der Waals surface area contributed by atoms with Crippen LogP contribution in [0.3, 0.4) is 0 Å². The number of hydrogen-bond donors (Lipinski definition) is 0. The van der Waals surface area contributed by atoms with Gasteiger partial charge in [0.15, 0.2) is 6.10 Å². The van der Waals surface area contributed by atoms with E-state index in [9.17, 15) is 14.4 Å². The molecule has 6 nitrogen and oxygen atoms in total. The summed E-state index contributed by atoms with van der Waals surface area (Å²) in [7, 11) is 0. The van der Waals surface area contributed by atoms with E-state index in [1.807, 2.05) is 12.2 Å². The van der Waals surface area contributed by atoms with Gasteiger partial charge in [0.2, 0.25) is 0 Å². The molecule has 0 aromatic rings. The molecule has 0 aliphatic rings. The standard InChI is InChI=1S/C58H92O6/c1-4-7-10-13-16-19-22-24-26-28-29-30-32-33-36-39-42-45-48-51-57(60)63-54-55(53-62-56(59)50-47-44-41-38-35-21-18-15-12-9-6-3)64-58(61)52-49-46-43-40-37-34-31-27-25-23-20-17-14-11-8-5-2/h7,9-10,12,16,18-19,21,24,26-27,29-31,33,36,38,41-42,45,55H,4-6,8,11,13-15,17,20,22-23,25,28,32,34-35,37,39-40,43-44,46-54H2,1-3H3/b10-7-,12-9-,19-16-,21-18-,26-24-,30-29-,31-27-,36-33-,41-38-,45-42-. The van der Waals surface area contributed by atoms with E-state index in [2.05, 4.69) is 130 Å². The maximum Gasteiger partial charge on any atom is 0.306 e. The largest absolute Gasteiger partial charge is 0.462 e. The summed E-state index contributed by atoms with van der Waals surface area (Å²) in [5, 5.41) is 0. The summed E-state index contributed by atoms with van der Waals surface area (Å²) in [6, 6.07) is 0. The van der Waals surface area contributed by atoms with Crippen molar-refractivity contribution in [3.63, 3.8) is 0 Å². The molecule has 6 heteroatoms. The molecule has 0 bridgehead atoms. The van der Waals surface area contributed by atoms with Crippen molar-refractivity contribution < 1.29 is 28.6 Å². The van der Waals surface area contributed by atoms with E-state index < -0.39 is 6.10 Å². The van der Waals surface area contributed by atoms with Gasteiger partial charge in [-0.25, -0.2) is 0 Å². The normalized spacial score (nSPS) is 13.1. The fourth-order valence-corrected chi connectivity index (χ4v) is 6.43. The first-order valence-corrected chi connectivity index (χ1v) is 25.5. The number of hydrogen-bond acceptors (Lipinski definition) is 6. The summed E-state index contributed by atoms with van der Waals surface area (Å²) in [4.78, 5) is 37.9. The Bertz CT molecular complexity index is 1390. The molecule has 64 heavy (non-hydrogen) atoms. The van der Waals surface area contributed by atoms with Crippen LogP contribution in [0.2, 0.25) is 0 Å². The van der Waals surface area contributed by atoms with E-state index in [1.165, 1.54) is 57.8 Å². The quantitative estimate of drug-likeness (QED) is 0.0262. The molecule has 0 saturated carbocycles. The van der Waals surface area contributed by atoms with E-state index in [4.69, 9.17) is 14.2 Å². The van der Waals surface area contributed by atoms with Crippen molar-refractivity contribution in [1.29, 1.82) is 0 Å². The summed E-state index contributed by atoms with van der Waals surface area (Å²) < 4.78 is 16.6. The van der Waals surface area contributed by atoms with Crippen LogP contribution in [-0.4, -0.2) is 37.2 Å². The Kier molecular flexibility index (Phi) is 48.1. The number of rotatable bonds is 44. The molecule has 0 heterocycles. The Morgan fingerprint density at radius 1 is 0.328 bits per heavy atom. The minimum Gasteiger partial charge on any atom is -0.462 e. The minimum absolute atomic E-state index is 0.134. The van der Waals surface area contributed by atoms with E-state index in [1.54, 1.807) is 0 Å². The third-order valence-electron chi connectivity index (χ3n) is 10.2. The molecular weight excluding hydrogens is 793 g/mol. The third kappa shape index (κ3) is 48.8. The predicted molar refractivity (Wildman–Crippen MR) is 274 cm³/mol. The molecule has 1 unspecified atom stereocenters. The van der Waals surface area contributed by atoms with Gasteiger partial charge < -0.3 is 14.2 Å². The lowest BCUT2D eigenvalue weighted by Crippen LogP contribution is -2.30. The first-order chi connectivity index (χ1) is 31.5. The fourth-order valence-electron chi connectivity index (χ4n) is 6.43. The molecule has 0 spiro atoms. The highest BCUT2D eigenvalue weighted by Crippen LogP contribution is 2.12. The second-order valence-corrected chi connectivity index (χ2v) is 16.3. The Hall–Kier alpha value is -4.19. The Morgan fingerprint density at radius 3 is 1.11 bits per heavy atom. The van der Waals surface area contributed by atoms with E-state index in [0.29, 0.717) is 12.8 Å². The first-order valence-electron chi connectivity index (χ1n) is 25.5. The van der Waals surface area contributed by atoms with Gasteiger partial charge in [-0.05, 0) is 109 Å². The molecular formula is C58H92O6. The molecule has 360 valence electrons. The van der Waals surface area contributed by atoms with Crippen molar-refractivity contribution in [2.45, 2.75) is 213 Å². The van der Waals surface area contributed by atoms with Crippen LogP contribution in [0.25, 0.3) is 0 Å². The van der Waals surface area contributed by atoms with Crippen molar-refractivity contribution in [2.24, 2.45) is 0 Å². The molecule has 0 radical (unpaired) electrons. The van der Waals surface area contributed by atoms with Gasteiger partial charge in [0.25, 0.3) is 0 Å². The summed E-state index contributed by atoms with van der Waals surface area (Å²) in [6.45, 7) is 6.26. The lowest BCUT2D eigenvalue weighted by Gasteiger charge is -2.18. The monoisotopic (exact) mass is 885 g/mol. The summed E-state index contributed by atoms with van der Waals surface area (Å²) in [5.74, 6) is -1.09. The molecule has 0 aliphatic heterocycles. The molecule has 0 amide bonds. The molecule has 0 fully saturated rings. The number of carbonyl (C=O) groups excluding carboxylic acids is 3. The van der Waals surface area contributed by atoms with Crippen LogP contribution in [0.4, 0.5) is 0 Å². The zero-order chi connectivity index (χ0) is 46.5. The zero-order valence-electron chi connectivity index (χ0n) is 41.0. The molecule has 0 N–H and O–H groups in total. The van der Waals surface area contributed by atoms with Crippen molar-refractivity contribution in [1.82, 2.24) is 0 Å². The van der Waals surface area contributed by atoms with Gasteiger partial charge in [-0.2, -0.15) is 0 Å². The minimum atomic E-state index is -0.835. The number of allylic oxidation sites excluding steroid dienone is 20. The van der Waals surface area contributed by atoms with Crippen LogP contribution in [0.15, 0.2) is 122 Å². The van der Waals surface area contributed by atoms with Crippen LogP contribution in [0.1, 0.15) is 207 Å². The van der Waals surface area contributed by atoms with Gasteiger partial charge in [0.05, 0.1) is 0 Å². The van der Waals surface area contributed by atoms with E-state index >= 15 is 0 Å². The van der Waals surface area contributed by atoms with Crippen LogP contribution < -0.4 is 0 Å². The number of unbranched alkanes of at least 4 members (excludes halogenated alkanes) is 13. The summed E-state index contributed by atoms with van der Waals surface area (Å²) >= 11 is 0. The van der Waals surface area contributed by atoms with Crippen molar-refractivity contribution in [2.75, 3.05) is 13.2 Å². The molecule has 0 aliphatic carbocycles. The van der Waals surface area contributed by atoms with E-state index in [0.717, 1.165) is 96.3 Å². The Balaban J connectivity index is 4.56. The first kappa shape index (κ1) is 59.8. The van der Waals surface area contributed by atoms with Gasteiger partial charge in [-0.3, -0.25) is 14.4 Å². The van der Waals surface area contributed by atoms with Crippen molar-refractivity contribution in [3.8, 4) is 0 Å². The summed E-state index contributed by atoms with van der Waals surface area (Å²) in [5.41, 5.74) is 0. The SMILES string of the molecule is CC/C=C\C/C=C\C/C=C\C/C=C\C/C=C\C/C=C\CCC(=O)OCC(COC(=O)CCC/C=C\C/C=C\C/C=C\CC)OC(=O)CCCCCCC/C=C\CCCCCCCCC. The number of esters is 3. The lowest BCUT2D eigenvalue weighted by atomic mass is 10.1. The average Bonchev–Trinajstić information content (AvgIpc) is 3.29. The molecule has 1 atom stereocenters.